The van der Waals surface area contributed by atoms with Crippen molar-refractivity contribution in [3.63, 3.8) is 0 Å². The summed E-state index contributed by atoms with van der Waals surface area (Å²) in [6.45, 7) is 0. The summed E-state index contributed by atoms with van der Waals surface area (Å²) in [5.74, 6) is 0.823. The second kappa shape index (κ2) is 4.87. The molecule has 0 aliphatic rings. The van der Waals surface area contributed by atoms with Crippen molar-refractivity contribution >= 4 is 23.2 Å². The van der Waals surface area contributed by atoms with Gasteiger partial charge in [0.25, 0.3) is 0 Å². The van der Waals surface area contributed by atoms with Gasteiger partial charge in [0.2, 0.25) is 0 Å². The summed E-state index contributed by atoms with van der Waals surface area (Å²) < 4.78 is 0. The maximum Gasteiger partial charge on any atom is 0.107 e. The molecule has 0 saturated carbocycles. The van der Waals surface area contributed by atoms with Crippen molar-refractivity contribution in [2.24, 2.45) is 5.73 Å². The van der Waals surface area contributed by atoms with E-state index in [0.717, 1.165) is 11.4 Å². The Bertz CT molecular complexity index is 448. The van der Waals surface area contributed by atoms with Gasteiger partial charge in [0.1, 0.15) is 5.82 Å². The number of nitrogens with two attached hydrogens (primary N) is 1. The van der Waals surface area contributed by atoms with Crippen LogP contribution in [0.3, 0.4) is 0 Å². The molecule has 1 aromatic carbocycles. The van der Waals surface area contributed by atoms with Crippen LogP contribution in [0.25, 0.3) is 0 Å². The Morgan fingerprint density at radius 3 is 2.56 bits per heavy atom. The number of imidazole rings is 1. The third kappa shape index (κ3) is 2.38. The van der Waals surface area contributed by atoms with Crippen LogP contribution < -0.4 is 5.73 Å². The number of H-pyrrole nitrogens is 1. The summed E-state index contributed by atoms with van der Waals surface area (Å²) in [6.07, 6.45) is 4.03. The maximum absolute atomic E-state index is 6.07. The summed E-state index contributed by atoms with van der Waals surface area (Å²) in [4.78, 5) is 7.12. The van der Waals surface area contributed by atoms with Crippen molar-refractivity contribution in [1.29, 1.82) is 0 Å². The number of nitrogens with one attached hydrogen (secondary N) is 1. The number of nitrogens with zero attached hydrogens (tertiary/aromatic N) is 1. The van der Waals surface area contributed by atoms with Gasteiger partial charge in [0.05, 0.1) is 0 Å². The molecule has 0 aliphatic heterocycles. The van der Waals surface area contributed by atoms with Gasteiger partial charge in [-0.05, 0) is 12.1 Å². The minimum Gasteiger partial charge on any atom is -0.349 e. The van der Waals surface area contributed by atoms with Gasteiger partial charge >= 0.3 is 0 Å². The highest BCUT2D eigenvalue weighted by Crippen LogP contribution is 2.30. The zero-order chi connectivity index (χ0) is 11.5. The van der Waals surface area contributed by atoms with Crippen LogP contribution in [0.1, 0.15) is 17.4 Å². The Morgan fingerprint density at radius 2 is 2.00 bits per heavy atom. The Labute approximate surface area is 104 Å². The van der Waals surface area contributed by atoms with Crippen LogP contribution in [-0.4, -0.2) is 9.97 Å². The molecule has 0 aliphatic carbocycles. The normalized spacial score (nSPS) is 12.7. The lowest BCUT2D eigenvalue weighted by Gasteiger charge is -2.14. The molecule has 3 nitrogen and oxygen atoms in total. The fraction of sp³-hybridized carbons (Fsp3) is 0.182. The van der Waals surface area contributed by atoms with Crippen molar-refractivity contribution in [2.75, 3.05) is 0 Å². The molecule has 0 spiro atoms. The highest BCUT2D eigenvalue weighted by atomic mass is 35.5. The highest BCUT2D eigenvalue weighted by Gasteiger charge is 2.15. The monoisotopic (exact) mass is 255 g/mol. The number of halogens is 2. The zero-order valence-electron chi connectivity index (χ0n) is 8.45. The second-order valence-electron chi connectivity index (χ2n) is 3.48. The lowest BCUT2D eigenvalue weighted by molar-refractivity contribution is 0.695. The molecule has 1 unspecified atom stereocenters. The fourth-order valence-corrected chi connectivity index (χ4v) is 2.26. The first-order valence-electron chi connectivity index (χ1n) is 4.86. The van der Waals surface area contributed by atoms with Gasteiger partial charge in [0, 0.05) is 40.5 Å². The molecule has 3 N–H and O–H groups in total. The Morgan fingerprint density at radius 1 is 1.31 bits per heavy atom. The van der Waals surface area contributed by atoms with E-state index in [1.165, 1.54) is 0 Å². The van der Waals surface area contributed by atoms with Crippen molar-refractivity contribution in [3.05, 3.63) is 52.0 Å². The van der Waals surface area contributed by atoms with E-state index in [1.807, 2.05) is 0 Å². The lowest BCUT2D eigenvalue weighted by atomic mass is 10.0. The van der Waals surface area contributed by atoms with E-state index in [9.17, 15) is 0 Å². The first kappa shape index (κ1) is 11.5. The lowest BCUT2D eigenvalue weighted by Crippen LogP contribution is -2.15. The van der Waals surface area contributed by atoms with Gasteiger partial charge in [-0.15, -0.1) is 0 Å². The molecule has 0 fully saturated rings. The predicted octanol–water partition coefficient (Wildman–Crippen LogP) is 2.96. The summed E-state index contributed by atoms with van der Waals surface area (Å²) in [7, 11) is 0. The second-order valence-corrected chi connectivity index (χ2v) is 4.30. The quantitative estimate of drug-likeness (QED) is 0.886. The van der Waals surface area contributed by atoms with E-state index in [4.69, 9.17) is 28.9 Å². The summed E-state index contributed by atoms with van der Waals surface area (Å²) in [5, 5.41) is 1.18. The zero-order valence-corrected chi connectivity index (χ0v) is 9.96. The van der Waals surface area contributed by atoms with Gasteiger partial charge in [-0.2, -0.15) is 0 Å². The molecule has 0 bridgehead atoms. The number of hydrogen-bond acceptors (Lipinski definition) is 2. The highest BCUT2D eigenvalue weighted by molar-refractivity contribution is 6.36. The summed E-state index contributed by atoms with van der Waals surface area (Å²) >= 11 is 12.1. The third-order valence-corrected chi connectivity index (χ3v) is 3.00. The standard InChI is InChI=1S/C11H11Cl2N3/c12-7-2-1-3-8(13)11(7)9(14)6-10-15-4-5-16-10/h1-5,9H,6,14H2,(H,15,16). The molecule has 1 heterocycles. The average molecular weight is 256 g/mol. The molecule has 0 saturated heterocycles. The SMILES string of the molecule is NC(Cc1ncc[nH]1)c1c(Cl)cccc1Cl. The van der Waals surface area contributed by atoms with Crippen LogP contribution in [0.5, 0.6) is 0 Å². The van der Waals surface area contributed by atoms with Gasteiger partial charge in [-0.25, -0.2) is 4.98 Å². The number of hydrogen-bond donors (Lipinski definition) is 2. The van der Waals surface area contributed by atoms with E-state index in [2.05, 4.69) is 9.97 Å². The number of rotatable bonds is 3. The van der Waals surface area contributed by atoms with Crippen molar-refractivity contribution < 1.29 is 0 Å². The number of aromatic amines is 1. The summed E-state index contributed by atoms with van der Waals surface area (Å²) in [6, 6.07) is 5.11. The van der Waals surface area contributed by atoms with Gasteiger partial charge in [0.15, 0.2) is 0 Å². The largest absolute Gasteiger partial charge is 0.349 e. The van der Waals surface area contributed by atoms with Crippen LogP contribution in [-0.2, 0) is 6.42 Å². The summed E-state index contributed by atoms with van der Waals surface area (Å²) in [5.41, 5.74) is 6.82. The van der Waals surface area contributed by atoms with Crippen LogP contribution in [0, 0.1) is 0 Å². The van der Waals surface area contributed by atoms with E-state index in [0.29, 0.717) is 16.5 Å². The Balaban J connectivity index is 2.24. The van der Waals surface area contributed by atoms with Crippen LogP contribution in [0.4, 0.5) is 0 Å². The molecule has 1 atom stereocenters. The van der Waals surface area contributed by atoms with Crippen molar-refractivity contribution in [2.45, 2.75) is 12.5 Å². The Kier molecular flexibility index (Phi) is 3.49. The van der Waals surface area contributed by atoms with E-state index >= 15 is 0 Å². The molecule has 2 aromatic rings. The molecule has 84 valence electrons. The molecular formula is C11H11Cl2N3. The van der Waals surface area contributed by atoms with Crippen LogP contribution in [0.15, 0.2) is 30.6 Å². The van der Waals surface area contributed by atoms with Crippen molar-refractivity contribution in [3.8, 4) is 0 Å². The van der Waals surface area contributed by atoms with E-state index < -0.39 is 0 Å². The smallest absolute Gasteiger partial charge is 0.107 e. The van der Waals surface area contributed by atoms with Crippen molar-refractivity contribution in [1.82, 2.24) is 9.97 Å². The third-order valence-electron chi connectivity index (χ3n) is 2.34. The van der Waals surface area contributed by atoms with Gasteiger partial charge in [-0.3, -0.25) is 0 Å². The Hall–Kier alpha value is -1.03. The molecule has 2 rings (SSSR count). The van der Waals surface area contributed by atoms with Gasteiger partial charge < -0.3 is 10.7 Å². The number of benzene rings is 1. The minimum atomic E-state index is -0.257. The minimum absolute atomic E-state index is 0.257. The molecular weight excluding hydrogens is 245 g/mol. The first-order valence-corrected chi connectivity index (χ1v) is 5.62. The molecule has 5 heteroatoms. The predicted molar refractivity (Wildman–Crippen MR) is 65.7 cm³/mol. The van der Waals surface area contributed by atoms with E-state index in [1.54, 1.807) is 30.6 Å². The maximum atomic E-state index is 6.07. The number of aromatic nitrogens is 2. The molecule has 0 amide bonds. The first-order chi connectivity index (χ1) is 7.68. The van der Waals surface area contributed by atoms with Crippen LogP contribution in [0.2, 0.25) is 10.0 Å². The fourth-order valence-electron chi connectivity index (χ4n) is 1.58. The topological polar surface area (TPSA) is 54.7 Å². The van der Waals surface area contributed by atoms with Crippen LogP contribution >= 0.6 is 23.2 Å². The average Bonchev–Trinajstić information content (AvgIpc) is 2.70. The molecule has 16 heavy (non-hydrogen) atoms. The molecule has 1 aromatic heterocycles. The molecule has 0 radical (unpaired) electrons. The van der Waals surface area contributed by atoms with Gasteiger partial charge in [-0.1, -0.05) is 29.3 Å². The van der Waals surface area contributed by atoms with E-state index in [-0.39, 0.29) is 6.04 Å².